The number of pyridine rings is 1. The Hall–Kier alpha value is -2.86. The Kier molecular flexibility index (Phi) is 5.00. The van der Waals surface area contributed by atoms with Crippen molar-refractivity contribution in [2.45, 2.75) is 25.5 Å². The predicted octanol–water partition coefficient (Wildman–Crippen LogP) is 3.08. The zero-order valence-corrected chi connectivity index (χ0v) is 14.1. The fourth-order valence-electron chi connectivity index (χ4n) is 2.73. The van der Waals surface area contributed by atoms with Gasteiger partial charge >= 0.3 is 0 Å². The Morgan fingerprint density at radius 3 is 2.84 bits per heavy atom. The van der Waals surface area contributed by atoms with Crippen molar-refractivity contribution in [1.82, 2.24) is 10.3 Å². The van der Waals surface area contributed by atoms with Crippen LogP contribution in [0, 0.1) is 0 Å². The van der Waals surface area contributed by atoms with Crippen molar-refractivity contribution in [2.75, 3.05) is 7.11 Å². The molecule has 1 aromatic carbocycles. The first-order valence-electron chi connectivity index (χ1n) is 8.04. The average Bonchev–Trinajstić information content (AvgIpc) is 3.15. The molecule has 2 aromatic heterocycles. The number of furan rings is 1. The third-order valence-corrected chi connectivity index (χ3v) is 3.96. The summed E-state index contributed by atoms with van der Waals surface area (Å²) in [5.74, 6) is 0.571. The van der Waals surface area contributed by atoms with Crippen molar-refractivity contribution in [3.05, 3.63) is 60.2 Å². The lowest BCUT2D eigenvalue weighted by Crippen LogP contribution is -2.34. The number of carbonyl (C=O) groups is 1. The van der Waals surface area contributed by atoms with Crippen LogP contribution in [0.3, 0.4) is 0 Å². The van der Waals surface area contributed by atoms with Crippen LogP contribution in [0.15, 0.2) is 53.1 Å². The fourth-order valence-corrected chi connectivity index (χ4v) is 2.73. The zero-order valence-electron chi connectivity index (χ0n) is 14.1. The molecule has 0 radical (unpaired) electrons. The first-order valence-corrected chi connectivity index (χ1v) is 8.04. The number of nitrogens with zero attached hydrogens (tertiary/aromatic N) is 1. The predicted molar refractivity (Wildman–Crippen MR) is 93.5 cm³/mol. The molecule has 0 fully saturated rings. The number of fused-ring (bicyclic) bond motifs is 1. The van der Waals surface area contributed by atoms with Crippen molar-refractivity contribution in [1.29, 1.82) is 0 Å². The molecule has 6 heteroatoms. The monoisotopic (exact) mass is 340 g/mol. The molecule has 3 rings (SSSR count). The molecular formula is C19H20N2O4. The number of hydrogen-bond donors (Lipinski definition) is 2. The second-order valence-electron chi connectivity index (χ2n) is 5.88. The van der Waals surface area contributed by atoms with Gasteiger partial charge in [0.2, 0.25) is 5.88 Å². The normalized spacial score (nSPS) is 13.4. The number of nitrogens with one attached hydrogen (secondary N) is 1. The highest BCUT2D eigenvalue weighted by Crippen LogP contribution is 2.24. The van der Waals surface area contributed by atoms with E-state index in [0.29, 0.717) is 18.1 Å². The van der Waals surface area contributed by atoms with E-state index in [1.165, 1.54) is 13.4 Å². The molecule has 0 aliphatic carbocycles. The van der Waals surface area contributed by atoms with Gasteiger partial charge < -0.3 is 19.6 Å². The Morgan fingerprint density at radius 2 is 2.12 bits per heavy atom. The van der Waals surface area contributed by atoms with Crippen molar-refractivity contribution in [3.63, 3.8) is 0 Å². The van der Waals surface area contributed by atoms with Crippen molar-refractivity contribution in [2.24, 2.45) is 0 Å². The molecule has 0 bridgehead atoms. The molecule has 130 valence electrons. The molecular weight excluding hydrogens is 320 g/mol. The third-order valence-electron chi connectivity index (χ3n) is 3.96. The largest absolute Gasteiger partial charge is 0.481 e. The fraction of sp³-hybridized carbons (Fsp3) is 0.263. The number of benzene rings is 1. The number of aromatic nitrogens is 1. The van der Waals surface area contributed by atoms with Crippen LogP contribution in [0.4, 0.5) is 0 Å². The zero-order chi connectivity index (χ0) is 17.8. The van der Waals surface area contributed by atoms with Crippen molar-refractivity contribution < 1.29 is 19.1 Å². The molecule has 2 N–H and O–H groups in total. The maximum atomic E-state index is 12.5. The molecule has 2 unspecified atom stereocenters. The third kappa shape index (κ3) is 3.80. The maximum Gasteiger partial charge on any atom is 0.270 e. The van der Waals surface area contributed by atoms with E-state index in [1.807, 2.05) is 31.2 Å². The Labute approximate surface area is 145 Å². The summed E-state index contributed by atoms with van der Waals surface area (Å²) in [6.45, 7) is 1.82. The van der Waals surface area contributed by atoms with Crippen LogP contribution in [-0.4, -0.2) is 29.1 Å². The lowest BCUT2D eigenvalue weighted by atomic mass is 10.1. The number of ether oxygens (including phenoxy) is 1. The van der Waals surface area contributed by atoms with Gasteiger partial charge in [0.05, 0.1) is 13.4 Å². The quantitative estimate of drug-likeness (QED) is 0.720. The number of rotatable bonds is 6. The van der Waals surface area contributed by atoms with Crippen LogP contribution in [0.2, 0.25) is 0 Å². The highest BCUT2D eigenvalue weighted by Gasteiger charge is 2.18. The van der Waals surface area contributed by atoms with Gasteiger partial charge in [0.1, 0.15) is 17.6 Å². The highest BCUT2D eigenvalue weighted by atomic mass is 16.5. The molecule has 25 heavy (non-hydrogen) atoms. The number of carbonyl (C=O) groups excluding carboxylic acids is 1. The smallest absolute Gasteiger partial charge is 0.270 e. The van der Waals surface area contributed by atoms with E-state index in [1.54, 1.807) is 18.2 Å². The van der Waals surface area contributed by atoms with Gasteiger partial charge in [-0.1, -0.05) is 18.2 Å². The summed E-state index contributed by atoms with van der Waals surface area (Å²) in [4.78, 5) is 16.8. The van der Waals surface area contributed by atoms with Gasteiger partial charge in [-0.05, 0) is 36.6 Å². The van der Waals surface area contributed by atoms with Gasteiger partial charge in [-0.3, -0.25) is 4.79 Å². The number of aliphatic hydroxyl groups excluding tert-OH is 1. The highest BCUT2D eigenvalue weighted by molar-refractivity contribution is 5.98. The molecule has 0 aliphatic rings. The minimum absolute atomic E-state index is 0.258. The van der Waals surface area contributed by atoms with Gasteiger partial charge in [-0.2, -0.15) is 0 Å². The average molecular weight is 340 g/mol. The summed E-state index contributed by atoms with van der Waals surface area (Å²) in [5, 5.41) is 14.7. The summed E-state index contributed by atoms with van der Waals surface area (Å²) in [5.41, 5.74) is 0.273. The number of amides is 1. The molecule has 0 aliphatic heterocycles. The van der Waals surface area contributed by atoms with E-state index in [-0.39, 0.29) is 17.6 Å². The molecule has 0 saturated heterocycles. The van der Waals surface area contributed by atoms with E-state index >= 15 is 0 Å². The molecule has 2 atom stereocenters. The van der Waals surface area contributed by atoms with Crippen LogP contribution in [0.1, 0.15) is 35.7 Å². The molecule has 3 aromatic rings. The number of hydrogen-bond acceptors (Lipinski definition) is 5. The lowest BCUT2D eigenvalue weighted by Gasteiger charge is -2.17. The van der Waals surface area contributed by atoms with E-state index in [2.05, 4.69) is 10.3 Å². The van der Waals surface area contributed by atoms with Crippen LogP contribution >= 0.6 is 0 Å². The van der Waals surface area contributed by atoms with Crippen molar-refractivity contribution >= 4 is 16.7 Å². The van der Waals surface area contributed by atoms with Gasteiger partial charge in [-0.25, -0.2) is 4.98 Å². The number of methoxy groups -OCH3 is 1. The van der Waals surface area contributed by atoms with Crippen molar-refractivity contribution in [3.8, 4) is 5.88 Å². The second-order valence-corrected chi connectivity index (χ2v) is 5.88. The SMILES string of the molecule is COc1nc(C(=O)NC(C)CC(O)c2ccco2)cc2ccccc12. The Morgan fingerprint density at radius 1 is 1.32 bits per heavy atom. The first kappa shape index (κ1) is 17.0. The Balaban J connectivity index is 1.73. The topological polar surface area (TPSA) is 84.6 Å². The summed E-state index contributed by atoms with van der Waals surface area (Å²) in [6.07, 6.45) is 1.07. The summed E-state index contributed by atoms with van der Waals surface area (Å²) in [7, 11) is 1.53. The molecule has 1 amide bonds. The molecule has 6 nitrogen and oxygen atoms in total. The van der Waals surface area contributed by atoms with E-state index in [0.717, 1.165) is 10.8 Å². The van der Waals surface area contributed by atoms with Gasteiger partial charge in [-0.15, -0.1) is 0 Å². The van der Waals surface area contributed by atoms with Gasteiger partial charge in [0, 0.05) is 17.8 Å². The Bertz CT molecular complexity index is 861. The minimum atomic E-state index is -0.774. The first-order chi connectivity index (χ1) is 12.1. The van der Waals surface area contributed by atoms with Crippen LogP contribution in [0.25, 0.3) is 10.8 Å². The van der Waals surface area contributed by atoms with E-state index < -0.39 is 6.10 Å². The van der Waals surface area contributed by atoms with E-state index in [4.69, 9.17) is 9.15 Å². The molecule has 2 heterocycles. The van der Waals surface area contributed by atoms with Crippen LogP contribution < -0.4 is 10.1 Å². The van der Waals surface area contributed by atoms with E-state index in [9.17, 15) is 9.90 Å². The molecule has 0 spiro atoms. The summed E-state index contributed by atoms with van der Waals surface area (Å²) in [6, 6.07) is 12.5. The summed E-state index contributed by atoms with van der Waals surface area (Å²) < 4.78 is 10.5. The van der Waals surface area contributed by atoms with Gasteiger partial charge in [0.15, 0.2) is 0 Å². The maximum absolute atomic E-state index is 12.5. The standard InChI is InChI=1S/C19H20N2O4/c1-12(10-16(22)17-8-5-9-25-17)20-18(23)15-11-13-6-3-4-7-14(13)19(21-15)24-2/h3-9,11-12,16,22H,10H2,1-2H3,(H,20,23). The lowest BCUT2D eigenvalue weighted by molar-refractivity contribution is 0.0897. The summed E-state index contributed by atoms with van der Waals surface area (Å²) >= 11 is 0. The number of aliphatic hydroxyl groups is 1. The van der Waals surface area contributed by atoms with Crippen LogP contribution in [-0.2, 0) is 0 Å². The minimum Gasteiger partial charge on any atom is -0.481 e. The molecule has 0 saturated carbocycles. The second kappa shape index (κ2) is 7.36. The van der Waals surface area contributed by atoms with Crippen LogP contribution in [0.5, 0.6) is 5.88 Å². The van der Waals surface area contributed by atoms with Gasteiger partial charge in [0.25, 0.3) is 5.91 Å².